The standard InChI is InChI=1S/C14H21N5OS/c1-3-9-6-10-12(16-14(18-15)17-13(10)21-9)19-5-4-8(2)11(19)7-20/h6,8,11,20H,3-5,7,15H2,1-2H3,(H,16,17,18). The molecule has 3 heterocycles. The first-order valence-corrected chi connectivity index (χ1v) is 8.14. The van der Waals surface area contributed by atoms with Crippen molar-refractivity contribution in [3.8, 4) is 0 Å². The molecule has 4 N–H and O–H groups in total. The molecular formula is C14H21N5OS. The molecule has 1 fully saturated rings. The SMILES string of the molecule is CCc1cc2c(N3CCC(C)C3CO)nc(NN)nc2s1. The normalized spacial score (nSPS) is 22.2. The minimum absolute atomic E-state index is 0.110. The minimum atomic E-state index is 0.110. The number of hydrazine groups is 1. The summed E-state index contributed by atoms with van der Waals surface area (Å²) in [5.74, 6) is 7.27. The number of nitrogen functional groups attached to an aromatic ring is 1. The second kappa shape index (κ2) is 5.75. The Hall–Kier alpha value is -1.44. The lowest BCUT2D eigenvalue weighted by molar-refractivity contribution is 0.244. The first-order chi connectivity index (χ1) is 10.2. The number of hydrogen-bond donors (Lipinski definition) is 3. The van der Waals surface area contributed by atoms with E-state index in [1.165, 1.54) is 4.88 Å². The number of nitrogens with zero attached hydrogens (tertiary/aromatic N) is 3. The predicted molar refractivity (Wildman–Crippen MR) is 86.6 cm³/mol. The van der Waals surface area contributed by atoms with Gasteiger partial charge in [-0.25, -0.2) is 10.8 Å². The van der Waals surface area contributed by atoms with Crippen molar-refractivity contribution in [2.24, 2.45) is 11.8 Å². The van der Waals surface area contributed by atoms with Crippen molar-refractivity contribution < 1.29 is 5.11 Å². The summed E-state index contributed by atoms with van der Waals surface area (Å²) < 4.78 is 0. The Bertz CT molecular complexity index is 644. The molecule has 2 unspecified atom stereocenters. The second-order valence-electron chi connectivity index (χ2n) is 5.51. The van der Waals surface area contributed by atoms with Crippen LogP contribution < -0.4 is 16.2 Å². The number of rotatable bonds is 4. The van der Waals surface area contributed by atoms with Crippen LogP contribution in [0.25, 0.3) is 10.2 Å². The number of aromatic nitrogens is 2. The molecule has 2 aromatic heterocycles. The quantitative estimate of drug-likeness (QED) is 0.589. The Morgan fingerprint density at radius 1 is 1.52 bits per heavy atom. The van der Waals surface area contributed by atoms with E-state index in [0.717, 1.165) is 35.4 Å². The van der Waals surface area contributed by atoms with E-state index in [0.29, 0.717) is 11.9 Å². The smallest absolute Gasteiger partial charge is 0.240 e. The van der Waals surface area contributed by atoms with Crippen LogP contribution in [0.3, 0.4) is 0 Å². The summed E-state index contributed by atoms with van der Waals surface area (Å²) in [6.45, 7) is 5.35. The molecular weight excluding hydrogens is 286 g/mol. The van der Waals surface area contributed by atoms with Crippen LogP contribution in [0.4, 0.5) is 11.8 Å². The number of thiophene rings is 1. The van der Waals surface area contributed by atoms with Gasteiger partial charge in [-0.3, -0.25) is 5.43 Å². The zero-order valence-electron chi connectivity index (χ0n) is 12.3. The van der Waals surface area contributed by atoms with E-state index >= 15 is 0 Å². The highest BCUT2D eigenvalue weighted by molar-refractivity contribution is 7.18. The molecule has 6 nitrogen and oxygen atoms in total. The van der Waals surface area contributed by atoms with Crippen LogP contribution in [0.5, 0.6) is 0 Å². The average molecular weight is 307 g/mol. The first-order valence-electron chi connectivity index (χ1n) is 7.32. The fraction of sp³-hybridized carbons (Fsp3) is 0.571. The van der Waals surface area contributed by atoms with Crippen molar-refractivity contribution in [2.75, 3.05) is 23.5 Å². The highest BCUT2D eigenvalue weighted by Gasteiger charge is 2.33. The number of hydrogen-bond acceptors (Lipinski definition) is 7. The van der Waals surface area contributed by atoms with Crippen LogP contribution in [0, 0.1) is 5.92 Å². The Balaban J connectivity index is 2.13. The lowest BCUT2D eigenvalue weighted by Gasteiger charge is -2.27. The summed E-state index contributed by atoms with van der Waals surface area (Å²) in [6, 6.07) is 2.27. The zero-order chi connectivity index (χ0) is 15.0. The molecule has 0 saturated carbocycles. The van der Waals surface area contributed by atoms with Crippen molar-refractivity contribution in [1.82, 2.24) is 9.97 Å². The minimum Gasteiger partial charge on any atom is -0.394 e. The molecule has 0 radical (unpaired) electrons. The van der Waals surface area contributed by atoms with Crippen molar-refractivity contribution in [3.05, 3.63) is 10.9 Å². The summed E-state index contributed by atoms with van der Waals surface area (Å²) in [6.07, 6.45) is 2.04. The number of aliphatic hydroxyl groups excluding tert-OH is 1. The van der Waals surface area contributed by atoms with Crippen LogP contribution in [-0.4, -0.2) is 34.3 Å². The maximum Gasteiger partial charge on any atom is 0.240 e. The highest BCUT2D eigenvalue weighted by atomic mass is 32.1. The van der Waals surface area contributed by atoms with E-state index in [9.17, 15) is 5.11 Å². The number of nitrogens with one attached hydrogen (secondary N) is 1. The maximum atomic E-state index is 9.70. The van der Waals surface area contributed by atoms with E-state index < -0.39 is 0 Å². The lowest BCUT2D eigenvalue weighted by Crippen LogP contribution is -2.36. The van der Waals surface area contributed by atoms with Crippen LogP contribution in [0.2, 0.25) is 0 Å². The van der Waals surface area contributed by atoms with Crippen LogP contribution in [0.1, 0.15) is 25.1 Å². The van der Waals surface area contributed by atoms with E-state index in [1.807, 2.05) is 0 Å². The Kier molecular flexibility index (Phi) is 3.97. The predicted octanol–water partition coefficient (Wildman–Crippen LogP) is 1.75. The van der Waals surface area contributed by atoms with Gasteiger partial charge in [-0.15, -0.1) is 11.3 Å². The number of nitrogens with two attached hydrogens (primary N) is 1. The van der Waals surface area contributed by atoms with E-state index in [4.69, 9.17) is 5.84 Å². The van der Waals surface area contributed by atoms with Gasteiger partial charge in [0.1, 0.15) is 10.6 Å². The van der Waals surface area contributed by atoms with Gasteiger partial charge in [0.25, 0.3) is 0 Å². The summed E-state index contributed by atoms with van der Waals surface area (Å²) in [5.41, 5.74) is 2.55. The third-order valence-electron chi connectivity index (χ3n) is 4.24. The third-order valence-corrected chi connectivity index (χ3v) is 5.42. The van der Waals surface area contributed by atoms with Gasteiger partial charge in [0.15, 0.2) is 0 Å². The van der Waals surface area contributed by atoms with Crippen molar-refractivity contribution in [2.45, 2.75) is 32.7 Å². The molecule has 0 aliphatic carbocycles. The number of aliphatic hydroxyl groups is 1. The molecule has 21 heavy (non-hydrogen) atoms. The van der Waals surface area contributed by atoms with Gasteiger partial charge in [0.05, 0.1) is 18.0 Å². The van der Waals surface area contributed by atoms with Crippen molar-refractivity contribution >= 4 is 33.3 Å². The molecule has 7 heteroatoms. The van der Waals surface area contributed by atoms with Gasteiger partial charge in [-0.2, -0.15) is 4.98 Å². The average Bonchev–Trinajstić information content (AvgIpc) is 3.08. The van der Waals surface area contributed by atoms with Gasteiger partial charge < -0.3 is 10.0 Å². The molecule has 2 aromatic rings. The molecule has 1 aliphatic heterocycles. The molecule has 3 rings (SSSR count). The van der Waals surface area contributed by atoms with Gasteiger partial charge in [0.2, 0.25) is 5.95 Å². The summed E-state index contributed by atoms with van der Waals surface area (Å²) in [7, 11) is 0. The number of aryl methyl sites for hydroxylation is 1. The van der Waals surface area contributed by atoms with E-state index in [-0.39, 0.29) is 12.6 Å². The van der Waals surface area contributed by atoms with Gasteiger partial charge >= 0.3 is 0 Å². The molecule has 0 bridgehead atoms. The van der Waals surface area contributed by atoms with Gasteiger partial charge in [0, 0.05) is 11.4 Å². The Morgan fingerprint density at radius 2 is 2.33 bits per heavy atom. The molecule has 1 saturated heterocycles. The largest absolute Gasteiger partial charge is 0.394 e. The van der Waals surface area contributed by atoms with E-state index in [1.54, 1.807) is 11.3 Å². The second-order valence-corrected chi connectivity index (χ2v) is 6.62. The molecule has 0 spiro atoms. The highest BCUT2D eigenvalue weighted by Crippen LogP contribution is 2.36. The van der Waals surface area contributed by atoms with Crippen molar-refractivity contribution in [3.63, 3.8) is 0 Å². The van der Waals surface area contributed by atoms with Crippen molar-refractivity contribution in [1.29, 1.82) is 0 Å². The topological polar surface area (TPSA) is 87.3 Å². The summed E-state index contributed by atoms with van der Waals surface area (Å²) in [5, 5.41) is 10.8. The lowest BCUT2D eigenvalue weighted by atomic mass is 10.0. The Labute approximate surface area is 128 Å². The summed E-state index contributed by atoms with van der Waals surface area (Å²) >= 11 is 1.67. The molecule has 114 valence electrons. The monoisotopic (exact) mass is 307 g/mol. The maximum absolute atomic E-state index is 9.70. The molecule has 0 aromatic carbocycles. The molecule has 2 atom stereocenters. The van der Waals surface area contributed by atoms with Crippen LogP contribution in [0.15, 0.2) is 6.07 Å². The Morgan fingerprint density at radius 3 is 3.00 bits per heavy atom. The van der Waals surface area contributed by atoms with E-state index in [2.05, 4.69) is 40.2 Å². The zero-order valence-corrected chi connectivity index (χ0v) is 13.2. The van der Waals surface area contributed by atoms with Crippen LogP contribution >= 0.6 is 11.3 Å². The molecule has 1 aliphatic rings. The number of fused-ring (bicyclic) bond motifs is 1. The van der Waals surface area contributed by atoms with Gasteiger partial charge in [-0.05, 0) is 24.8 Å². The fourth-order valence-corrected chi connectivity index (χ4v) is 3.93. The first kappa shape index (κ1) is 14.5. The van der Waals surface area contributed by atoms with Gasteiger partial charge in [-0.1, -0.05) is 13.8 Å². The molecule has 0 amide bonds. The third kappa shape index (κ3) is 2.45. The fourth-order valence-electron chi connectivity index (χ4n) is 2.96. The number of anilines is 2. The van der Waals surface area contributed by atoms with Crippen LogP contribution in [-0.2, 0) is 6.42 Å². The summed E-state index contributed by atoms with van der Waals surface area (Å²) in [4.78, 5) is 13.4.